The molecule has 1 aromatic heterocycles. The molecule has 0 aliphatic heterocycles. The fraction of sp³-hybridized carbons (Fsp3) is 0.467. The summed E-state index contributed by atoms with van der Waals surface area (Å²) in [6.45, 7) is 2.09. The van der Waals surface area contributed by atoms with Gasteiger partial charge in [-0.2, -0.15) is 5.26 Å². The molecular formula is C15H17N3. The number of hydrogen-bond donors (Lipinski definition) is 1. The quantitative estimate of drug-likeness (QED) is 0.822. The number of rotatable bonds is 4. The number of nitriles is 1. The minimum atomic E-state index is -0.0472. The summed E-state index contributed by atoms with van der Waals surface area (Å²) < 4.78 is 0. The molecule has 3 nitrogen and oxygen atoms in total. The Morgan fingerprint density at radius 2 is 2.39 bits per heavy atom. The van der Waals surface area contributed by atoms with Gasteiger partial charge in [0.15, 0.2) is 0 Å². The first-order valence-corrected chi connectivity index (χ1v) is 6.44. The van der Waals surface area contributed by atoms with Crippen LogP contribution in [0.15, 0.2) is 6.07 Å². The number of aryl methyl sites for hydroxylation is 2. The lowest BCUT2D eigenvalue weighted by Gasteiger charge is -2.14. The SMILES string of the molecule is C#CC(CCC)Nc1nc2c(cc1C#N)CCC2. The Morgan fingerprint density at radius 1 is 1.56 bits per heavy atom. The average molecular weight is 239 g/mol. The zero-order valence-corrected chi connectivity index (χ0v) is 10.7. The number of nitrogens with one attached hydrogen (secondary N) is 1. The van der Waals surface area contributed by atoms with E-state index < -0.39 is 0 Å². The predicted octanol–water partition coefficient (Wildman–Crippen LogP) is 2.66. The summed E-state index contributed by atoms with van der Waals surface area (Å²) in [5.74, 6) is 3.36. The molecule has 1 heterocycles. The predicted molar refractivity (Wildman–Crippen MR) is 72.1 cm³/mol. The molecule has 0 radical (unpaired) electrons. The molecule has 0 fully saturated rings. The highest BCUT2D eigenvalue weighted by Crippen LogP contribution is 2.25. The summed E-state index contributed by atoms with van der Waals surface area (Å²) in [5.41, 5.74) is 2.93. The number of anilines is 1. The number of aromatic nitrogens is 1. The molecule has 0 bridgehead atoms. The smallest absolute Gasteiger partial charge is 0.145 e. The lowest BCUT2D eigenvalue weighted by atomic mass is 10.1. The van der Waals surface area contributed by atoms with Gasteiger partial charge < -0.3 is 5.32 Å². The third kappa shape index (κ3) is 2.46. The van der Waals surface area contributed by atoms with Crippen LogP contribution in [0.1, 0.15) is 43.0 Å². The molecule has 92 valence electrons. The number of hydrogen-bond acceptors (Lipinski definition) is 3. The molecule has 0 saturated heterocycles. The molecule has 1 unspecified atom stereocenters. The van der Waals surface area contributed by atoms with Crippen LogP contribution in [0.2, 0.25) is 0 Å². The molecule has 0 aromatic carbocycles. The first-order chi connectivity index (χ1) is 8.78. The van der Waals surface area contributed by atoms with Crippen molar-refractivity contribution in [3.63, 3.8) is 0 Å². The number of pyridine rings is 1. The summed E-state index contributed by atoms with van der Waals surface area (Å²) in [6, 6.07) is 4.11. The van der Waals surface area contributed by atoms with Gasteiger partial charge in [-0.15, -0.1) is 6.42 Å². The summed E-state index contributed by atoms with van der Waals surface area (Å²) in [5, 5.41) is 12.4. The Hall–Kier alpha value is -2.00. The van der Waals surface area contributed by atoms with Gasteiger partial charge in [0, 0.05) is 5.69 Å². The van der Waals surface area contributed by atoms with Gasteiger partial charge in [0.2, 0.25) is 0 Å². The second-order valence-electron chi connectivity index (χ2n) is 4.61. The normalized spacial score (nSPS) is 14.4. The third-order valence-corrected chi connectivity index (χ3v) is 3.26. The average Bonchev–Trinajstić information content (AvgIpc) is 2.84. The van der Waals surface area contributed by atoms with Crippen molar-refractivity contribution in [3.8, 4) is 18.4 Å². The molecule has 1 aromatic rings. The van der Waals surface area contributed by atoms with Crippen LogP contribution in [0.4, 0.5) is 5.82 Å². The summed E-state index contributed by atoms with van der Waals surface area (Å²) in [4.78, 5) is 4.56. The molecule has 1 atom stereocenters. The molecule has 18 heavy (non-hydrogen) atoms. The molecule has 0 amide bonds. The maximum atomic E-state index is 9.18. The fourth-order valence-electron chi connectivity index (χ4n) is 2.32. The maximum Gasteiger partial charge on any atom is 0.145 e. The van der Waals surface area contributed by atoms with E-state index in [9.17, 15) is 5.26 Å². The number of nitrogens with zero attached hydrogens (tertiary/aromatic N) is 2. The number of fused-ring (bicyclic) bond motifs is 1. The second kappa shape index (κ2) is 5.56. The van der Waals surface area contributed by atoms with Crippen LogP contribution in [0.25, 0.3) is 0 Å². The molecular weight excluding hydrogens is 222 g/mol. The zero-order valence-electron chi connectivity index (χ0n) is 10.7. The standard InChI is InChI=1S/C15H17N3/c1-3-6-13(4-2)17-15-12(10-16)9-11-7-5-8-14(11)18-15/h2,9,13H,3,5-8H2,1H3,(H,17,18). The van der Waals surface area contributed by atoms with Gasteiger partial charge in [0.05, 0.1) is 11.6 Å². The Morgan fingerprint density at radius 3 is 3.06 bits per heavy atom. The summed E-state index contributed by atoms with van der Waals surface area (Å²) >= 11 is 0. The van der Waals surface area contributed by atoms with Crippen molar-refractivity contribution >= 4 is 5.82 Å². The van der Waals surface area contributed by atoms with Crippen LogP contribution in [-0.2, 0) is 12.8 Å². The van der Waals surface area contributed by atoms with E-state index >= 15 is 0 Å². The minimum absolute atomic E-state index is 0.0472. The molecule has 1 aliphatic carbocycles. The Balaban J connectivity index is 2.27. The van der Waals surface area contributed by atoms with Gasteiger partial charge >= 0.3 is 0 Å². The van der Waals surface area contributed by atoms with Crippen molar-refractivity contribution in [2.24, 2.45) is 0 Å². The van der Waals surface area contributed by atoms with E-state index in [1.165, 1.54) is 5.56 Å². The van der Waals surface area contributed by atoms with E-state index in [4.69, 9.17) is 6.42 Å². The lowest BCUT2D eigenvalue weighted by molar-refractivity contribution is 0.751. The van der Waals surface area contributed by atoms with Crippen LogP contribution in [0, 0.1) is 23.7 Å². The first-order valence-electron chi connectivity index (χ1n) is 6.44. The van der Waals surface area contributed by atoms with E-state index in [0.717, 1.165) is 37.8 Å². The molecule has 1 aliphatic rings. The largest absolute Gasteiger partial charge is 0.355 e. The molecule has 0 saturated carbocycles. The highest BCUT2D eigenvalue weighted by molar-refractivity contribution is 5.56. The second-order valence-corrected chi connectivity index (χ2v) is 4.61. The Bertz CT molecular complexity index is 520. The van der Waals surface area contributed by atoms with Gasteiger partial charge in [-0.05, 0) is 37.3 Å². The monoisotopic (exact) mass is 239 g/mol. The molecule has 0 spiro atoms. The van der Waals surface area contributed by atoms with E-state index in [2.05, 4.69) is 29.2 Å². The number of terminal acetylenes is 1. The third-order valence-electron chi connectivity index (χ3n) is 3.26. The minimum Gasteiger partial charge on any atom is -0.355 e. The van der Waals surface area contributed by atoms with Gasteiger partial charge in [-0.3, -0.25) is 0 Å². The van der Waals surface area contributed by atoms with Crippen molar-refractivity contribution in [1.82, 2.24) is 4.98 Å². The highest BCUT2D eigenvalue weighted by atomic mass is 15.0. The van der Waals surface area contributed by atoms with Gasteiger partial charge in [-0.1, -0.05) is 19.3 Å². The topological polar surface area (TPSA) is 48.7 Å². The summed E-state index contributed by atoms with van der Waals surface area (Å²) in [7, 11) is 0. The van der Waals surface area contributed by atoms with Crippen molar-refractivity contribution < 1.29 is 0 Å². The first kappa shape index (κ1) is 12.5. The summed E-state index contributed by atoms with van der Waals surface area (Å²) in [6.07, 6.45) is 10.6. The van der Waals surface area contributed by atoms with E-state index in [-0.39, 0.29) is 6.04 Å². The molecule has 3 heteroatoms. The van der Waals surface area contributed by atoms with Crippen molar-refractivity contribution in [1.29, 1.82) is 5.26 Å². The van der Waals surface area contributed by atoms with Crippen molar-refractivity contribution in [2.75, 3.05) is 5.32 Å². The Labute approximate surface area is 108 Å². The van der Waals surface area contributed by atoms with Gasteiger partial charge in [0.25, 0.3) is 0 Å². The zero-order chi connectivity index (χ0) is 13.0. The van der Waals surface area contributed by atoms with Crippen LogP contribution < -0.4 is 5.32 Å². The lowest BCUT2D eigenvalue weighted by Crippen LogP contribution is -2.19. The van der Waals surface area contributed by atoms with E-state index in [1.807, 2.05) is 6.07 Å². The van der Waals surface area contributed by atoms with Gasteiger partial charge in [-0.25, -0.2) is 4.98 Å². The Kier molecular flexibility index (Phi) is 3.85. The van der Waals surface area contributed by atoms with Gasteiger partial charge in [0.1, 0.15) is 11.9 Å². The highest BCUT2D eigenvalue weighted by Gasteiger charge is 2.17. The van der Waals surface area contributed by atoms with Crippen molar-refractivity contribution in [3.05, 3.63) is 22.9 Å². The van der Waals surface area contributed by atoms with E-state index in [0.29, 0.717) is 11.4 Å². The van der Waals surface area contributed by atoms with Crippen LogP contribution in [0.5, 0.6) is 0 Å². The molecule has 2 rings (SSSR count). The fourth-order valence-corrected chi connectivity index (χ4v) is 2.32. The van der Waals surface area contributed by atoms with Crippen molar-refractivity contribution in [2.45, 2.75) is 45.1 Å². The van der Waals surface area contributed by atoms with Crippen LogP contribution in [-0.4, -0.2) is 11.0 Å². The van der Waals surface area contributed by atoms with E-state index in [1.54, 1.807) is 0 Å². The maximum absolute atomic E-state index is 9.18. The molecule has 1 N–H and O–H groups in total. The van der Waals surface area contributed by atoms with Crippen LogP contribution in [0.3, 0.4) is 0 Å². The van der Waals surface area contributed by atoms with Crippen LogP contribution >= 0.6 is 0 Å².